The summed E-state index contributed by atoms with van der Waals surface area (Å²) in [6.45, 7) is 3.42. The van der Waals surface area contributed by atoms with Crippen molar-refractivity contribution >= 4 is 11.9 Å². The van der Waals surface area contributed by atoms with Crippen LogP contribution >= 0.6 is 0 Å². The smallest absolute Gasteiger partial charge is 0.306 e. The molecule has 2 rings (SSSR count). The van der Waals surface area contributed by atoms with E-state index in [-0.39, 0.29) is 17.9 Å². The van der Waals surface area contributed by atoms with Gasteiger partial charge in [-0.3, -0.25) is 9.59 Å². The first kappa shape index (κ1) is 18.3. The molecule has 0 aromatic heterocycles. The van der Waals surface area contributed by atoms with Crippen LogP contribution in [0.15, 0.2) is 24.3 Å². The zero-order chi connectivity index (χ0) is 17.4. The van der Waals surface area contributed by atoms with Crippen molar-refractivity contribution < 1.29 is 24.2 Å². The average molecular weight is 335 g/mol. The van der Waals surface area contributed by atoms with Gasteiger partial charge in [0.15, 0.2) is 0 Å². The van der Waals surface area contributed by atoms with Gasteiger partial charge in [-0.05, 0) is 44.7 Å². The zero-order valence-electron chi connectivity index (χ0n) is 14.0. The van der Waals surface area contributed by atoms with E-state index in [2.05, 4.69) is 5.32 Å². The minimum absolute atomic E-state index is 0.0181. The Hall–Kier alpha value is -2.08. The monoisotopic (exact) mass is 335 g/mol. The predicted octanol–water partition coefficient (Wildman–Crippen LogP) is 2.48. The third kappa shape index (κ3) is 5.23. The molecule has 6 nitrogen and oxygen atoms in total. The lowest BCUT2D eigenvalue weighted by Gasteiger charge is -2.27. The van der Waals surface area contributed by atoms with Gasteiger partial charge < -0.3 is 19.9 Å². The highest BCUT2D eigenvalue weighted by Crippen LogP contribution is 2.25. The van der Waals surface area contributed by atoms with Crippen LogP contribution in [0.25, 0.3) is 0 Å². The Morgan fingerprint density at radius 3 is 2.54 bits per heavy atom. The van der Waals surface area contributed by atoms with Crippen LogP contribution in [0.1, 0.15) is 43.0 Å². The van der Waals surface area contributed by atoms with Gasteiger partial charge in [0.25, 0.3) is 5.91 Å². The number of hydrogen-bond acceptors (Lipinski definition) is 4. The fourth-order valence-electron chi connectivity index (χ4n) is 2.88. The molecule has 0 radical (unpaired) electrons. The molecular formula is C18H25NO5. The van der Waals surface area contributed by atoms with Crippen molar-refractivity contribution in [2.24, 2.45) is 5.92 Å². The molecule has 1 aromatic rings. The second-order valence-corrected chi connectivity index (χ2v) is 5.90. The number of benzene rings is 1. The van der Waals surface area contributed by atoms with Gasteiger partial charge in [-0.2, -0.15) is 0 Å². The fraction of sp³-hybridized carbons (Fsp3) is 0.556. The number of hydrogen-bond donors (Lipinski definition) is 2. The lowest BCUT2D eigenvalue weighted by molar-refractivity contribution is -0.142. The Labute approximate surface area is 142 Å². The Kier molecular flexibility index (Phi) is 7.06. The summed E-state index contributed by atoms with van der Waals surface area (Å²) in [4.78, 5) is 23.5. The van der Waals surface area contributed by atoms with E-state index in [1.807, 2.05) is 13.0 Å². The van der Waals surface area contributed by atoms with E-state index >= 15 is 0 Å². The number of ether oxygens (including phenoxy) is 2. The van der Waals surface area contributed by atoms with Crippen molar-refractivity contribution in [3.05, 3.63) is 29.8 Å². The van der Waals surface area contributed by atoms with E-state index < -0.39 is 5.97 Å². The molecule has 1 aliphatic carbocycles. The first-order valence-electron chi connectivity index (χ1n) is 8.45. The first-order valence-corrected chi connectivity index (χ1v) is 8.45. The SMILES string of the molecule is CCOCCOc1ccccc1C(=O)NC1CCC(C(=O)O)CC1. The number of rotatable bonds is 8. The quantitative estimate of drug-likeness (QED) is 0.713. The van der Waals surface area contributed by atoms with Crippen LogP contribution in [0.2, 0.25) is 0 Å². The van der Waals surface area contributed by atoms with Gasteiger partial charge in [0.2, 0.25) is 0 Å². The number of carboxylic acids is 1. The van der Waals surface area contributed by atoms with Crippen LogP contribution in [0.5, 0.6) is 5.75 Å². The highest BCUT2D eigenvalue weighted by Gasteiger charge is 2.27. The molecule has 0 spiro atoms. The number of nitrogens with one attached hydrogen (secondary N) is 1. The number of amides is 1. The van der Waals surface area contributed by atoms with Gasteiger partial charge in [0.05, 0.1) is 18.1 Å². The van der Waals surface area contributed by atoms with Crippen molar-refractivity contribution in [2.45, 2.75) is 38.6 Å². The van der Waals surface area contributed by atoms with E-state index in [1.165, 1.54) is 0 Å². The van der Waals surface area contributed by atoms with Gasteiger partial charge in [0, 0.05) is 12.6 Å². The molecule has 0 heterocycles. The van der Waals surface area contributed by atoms with Crippen molar-refractivity contribution in [3.8, 4) is 5.75 Å². The van der Waals surface area contributed by atoms with Crippen molar-refractivity contribution in [1.82, 2.24) is 5.32 Å². The topological polar surface area (TPSA) is 84.9 Å². The third-order valence-electron chi connectivity index (χ3n) is 4.23. The van der Waals surface area contributed by atoms with Crippen molar-refractivity contribution in [2.75, 3.05) is 19.8 Å². The molecule has 132 valence electrons. The number of carboxylic acid groups (broad SMARTS) is 1. The molecule has 0 aliphatic heterocycles. The van der Waals surface area contributed by atoms with Crippen LogP contribution in [-0.2, 0) is 9.53 Å². The maximum Gasteiger partial charge on any atom is 0.306 e. The second-order valence-electron chi connectivity index (χ2n) is 5.90. The van der Waals surface area contributed by atoms with E-state index in [9.17, 15) is 9.59 Å². The highest BCUT2D eigenvalue weighted by molar-refractivity contribution is 5.97. The molecule has 6 heteroatoms. The molecule has 1 saturated carbocycles. The van der Waals surface area contributed by atoms with E-state index in [1.54, 1.807) is 18.2 Å². The van der Waals surface area contributed by atoms with Crippen LogP contribution in [-0.4, -0.2) is 42.8 Å². The summed E-state index contributed by atoms with van der Waals surface area (Å²) >= 11 is 0. The van der Waals surface area contributed by atoms with Gasteiger partial charge >= 0.3 is 5.97 Å². The van der Waals surface area contributed by atoms with Gasteiger partial charge in [-0.25, -0.2) is 0 Å². The molecule has 2 N–H and O–H groups in total. The van der Waals surface area contributed by atoms with Crippen LogP contribution in [0.3, 0.4) is 0 Å². The summed E-state index contributed by atoms with van der Waals surface area (Å²) in [5.74, 6) is -0.671. The van der Waals surface area contributed by atoms with E-state index in [4.69, 9.17) is 14.6 Å². The summed E-state index contributed by atoms with van der Waals surface area (Å²) in [5.41, 5.74) is 0.495. The van der Waals surface area contributed by atoms with Crippen molar-refractivity contribution in [3.63, 3.8) is 0 Å². The Morgan fingerprint density at radius 2 is 1.88 bits per heavy atom. The lowest BCUT2D eigenvalue weighted by Crippen LogP contribution is -2.38. The lowest BCUT2D eigenvalue weighted by atomic mass is 9.86. The van der Waals surface area contributed by atoms with Crippen molar-refractivity contribution in [1.29, 1.82) is 0 Å². The number of carbonyl (C=O) groups is 2. The molecule has 1 amide bonds. The molecule has 24 heavy (non-hydrogen) atoms. The summed E-state index contributed by atoms with van der Waals surface area (Å²) in [5, 5.41) is 12.0. The molecular weight excluding hydrogens is 310 g/mol. The summed E-state index contributed by atoms with van der Waals surface area (Å²) in [7, 11) is 0. The second kappa shape index (κ2) is 9.27. The minimum Gasteiger partial charge on any atom is -0.490 e. The molecule has 0 unspecified atom stereocenters. The number of para-hydroxylation sites is 1. The van der Waals surface area contributed by atoms with Crippen LogP contribution < -0.4 is 10.1 Å². The van der Waals surface area contributed by atoms with Gasteiger partial charge in [-0.15, -0.1) is 0 Å². The Balaban J connectivity index is 1.89. The van der Waals surface area contributed by atoms with Gasteiger partial charge in [0.1, 0.15) is 12.4 Å². The van der Waals surface area contributed by atoms with E-state index in [0.29, 0.717) is 56.8 Å². The molecule has 1 aliphatic rings. The Morgan fingerprint density at radius 1 is 1.17 bits per heavy atom. The van der Waals surface area contributed by atoms with Crippen LogP contribution in [0.4, 0.5) is 0 Å². The maximum atomic E-state index is 12.5. The predicted molar refractivity (Wildman–Crippen MR) is 89.3 cm³/mol. The highest BCUT2D eigenvalue weighted by atomic mass is 16.5. The molecule has 1 aromatic carbocycles. The average Bonchev–Trinajstić information content (AvgIpc) is 2.59. The number of carbonyl (C=O) groups excluding carboxylic acids is 1. The third-order valence-corrected chi connectivity index (χ3v) is 4.23. The summed E-state index contributed by atoms with van der Waals surface area (Å²) < 4.78 is 10.9. The first-order chi connectivity index (χ1) is 11.6. The summed E-state index contributed by atoms with van der Waals surface area (Å²) in [6, 6.07) is 7.14. The van der Waals surface area contributed by atoms with Crippen LogP contribution in [0, 0.1) is 5.92 Å². The summed E-state index contributed by atoms with van der Waals surface area (Å²) in [6.07, 6.45) is 2.59. The molecule has 1 fully saturated rings. The maximum absolute atomic E-state index is 12.5. The van der Waals surface area contributed by atoms with E-state index in [0.717, 1.165) is 0 Å². The zero-order valence-corrected chi connectivity index (χ0v) is 14.0. The molecule has 0 bridgehead atoms. The standard InChI is InChI=1S/C18H25NO5/c1-2-23-11-12-24-16-6-4-3-5-15(16)17(20)19-14-9-7-13(8-10-14)18(21)22/h3-6,13-14H,2,7-12H2,1H3,(H,19,20)(H,21,22). The molecule has 0 saturated heterocycles. The Bertz CT molecular complexity index is 552. The largest absolute Gasteiger partial charge is 0.490 e. The normalized spacial score (nSPS) is 20.4. The van der Waals surface area contributed by atoms with Gasteiger partial charge in [-0.1, -0.05) is 12.1 Å². The number of aliphatic carboxylic acids is 1. The molecule has 0 atom stereocenters. The fourth-order valence-corrected chi connectivity index (χ4v) is 2.88. The minimum atomic E-state index is -0.743.